The average Bonchev–Trinajstić information content (AvgIpc) is 3.36. The first-order valence-corrected chi connectivity index (χ1v) is 9.79. The molecule has 4 aromatic rings. The second-order valence-electron chi connectivity index (χ2n) is 7.20. The zero-order valence-corrected chi connectivity index (χ0v) is 18.1. The zero-order valence-electron chi connectivity index (χ0n) is 18.1. The SMILES string of the molecule is COc1ccc(OC)c(C(C)NC(=O)c2cc3nccc(-c4cnn(C)c4C)n3n2)c1. The summed E-state index contributed by atoms with van der Waals surface area (Å²) in [4.78, 5) is 17.3. The first kappa shape index (κ1) is 20.4. The van der Waals surface area contributed by atoms with Gasteiger partial charge in [-0.1, -0.05) is 0 Å². The van der Waals surface area contributed by atoms with Gasteiger partial charge in [-0.05, 0) is 38.1 Å². The van der Waals surface area contributed by atoms with Crippen molar-refractivity contribution in [2.24, 2.45) is 7.05 Å². The van der Waals surface area contributed by atoms with Gasteiger partial charge < -0.3 is 14.8 Å². The number of amides is 1. The third-order valence-electron chi connectivity index (χ3n) is 5.35. The van der Waals surface area contributed by atoms with Crippen molar-refractivity contribution in [3.05, 3.63) is 59.7 Å². The van der Waals surface area contributed by atoms with E-state index in [1.165, 1.54) is 0 Å². The van der Waals surface area contributed by atoms with Crippen molar-refractivity contribution in [1.82, 2.24) is 29.7 Å². The van der Waals surface area contributed by atoms with Crippen LogP contribution in [0.3, 0.4) is 0 Å². The molecule has 31 heavy (non-hydrogen) atoms. The lowest BCUT2D eigenvalue weighted by molar-refractivity contribution is 0.0934. The molecular weight excluding hydrogens is 396 g/mol. The molecule has 0 aliphatic carbocycles. The van der Waals surface area contributed by atoms with Crippen molar-refractivity contribution in [3.8, 4) is 22.8 Å². The number of rotatable bonds is 6. The van der Waals surface area contributed by atoms with Gasteiger partial charge in [0.15, 0.2) is 11.3 Å². The maximum atomic E-state index is 13.0. The number of aromatic nitrogens is 5. The molecule has 1 N–H and O–H groups in total. The van der Waals surface area contributed by atoms with Crippen LogP contribution >= 0.6 is 0 Å². The van der Waals surface area contributed by atoms with Crippen LogP contribution in [-0.2, 0) is 7.05 Å². The second-order valence-corrected chi connectivity index (χ2v) is 7.20. The molecule has 0 aliphatic rings. The lowest BCUT2D eigenvalue weighted by Gasteiger charge is -2.17. The average molecular weight is 420 g/mol. The molecule has 1 aromatic carbocycles. The van der Waals surface area contributed by atoms with E-state index in [1.54, 1.807) is 41.9 Å². The van der Waals surface area contributed by atoms with Crippen molar-refractivity contribution in [2.45, 2.75) is 19.9 Å². The fourth-order valence-electron chi connectivity index (χ4n) is 3.49. The molecule has 4 rings (SSSR count). The van der Waals surface area contributed by atoms with E-state index in [1.807, 2.05) is 45.2 Å². The molecule has 1 unspecified atom stereocenters. The van der Waals surface area contributed by atoms with Gasteiger partial charge in [-0.15, -0.1) is 0 Å². The summed E-state index contributed by atoms with van der Waals surface area (Å²) in [6.07, 6.45) is 3.48. The molecule has 0 spiro atoms. The summed E-state index contributed by atoms with van der Waals surface area (Å²) in [7, 11) is 5.07. The van der Waals surface area contributed by atoms with Gasteiger partial charge in [-0.25, -0.2) is 9.50 Å². The summed E-state index contributed by atoms with van der Waals surface area (Å²) in [6.45, 7) is 3.86. The quantitative estimate of drug-likeness (QED) is 0.515. The van der Waals surface area contributed by atoms with Crippen molar-refractivity contribution in [1.29, 1.82) is 0 Å². The minimum Gasteiger partial charge on any atom is -0.497 e. The molecule has 0 aliphatic heterocycles. The van der Waals surface area contributed by atoms with Crippen LogP contribution in [0.1, 0.15) is 34.7 Å². The van der Waals surface area contributed by atoms with Crippen LogP contribution in [-0.4, -0.2) is 44.5 Å². The fourth-order valence-corrected chi connectivity index (χ4v) is 3.49. The Hall–Kier alpha value is -3.88. The maximum Gasteiger partial charge on any atom is 0.272 e. The molecule has 0 bridgehead atoms. The molecule has 1 atom stereocenters. The van der Waals surface area contributed by atoms with Crippen LogP contribution in [0.5, 0.6) is 11.5 Å². The molecule has 160 valence electrons. The number of ether oxygens (including phenoxy) is 2. The van der Waals surface area contributed by atoms with Gasteiger partial charge in [0.1, 0.15) is 11.5 Å². The summed E-state index contributed by atoms with van der Waals surface area (Å²) in [5.74, 6) is 1.04. The van der Waals surface area contributed by atoms with Crippen LogP contribution in [0.2, 0.25) is 0 Å². The monoisotopic (exact) mass is 420 g/mol. The highest BCUT2D eigenvalue weighted by Gasteiger charge is 2.20. The fraction of sp³-hybridized carbons (Fsp3) is 0.273. The Balaban J connectivity index is 1.65. The van der Waals surface area contributed by atoms with E-state index in [0.717, 1.165) is 22.5 Å². The number of nitrogens with zero attached hydrogens (tertiary/aromatic N) is 5. The summed E-state index contributed by atoms with van der Waals surface area (Å²) < 4.78 is 14.2. The zero-order chi connectivity index (χ0) is 22.1. The summed E-state index contributed by atoms with van der Waals surface area (Å²) in [5.41, 5.74) is 4.40. The predicted octanol–water partition coefficient (Wildman–Crippen LogP) is 2.95. The summed E-state index contributed by atoms with van der Waals surface area (Å²) in [6, 6.07) is 8.67. The lowest BCUT2D eigenvalue weighted by Crippen LogP contribution is -2.27. The van der Waals surface area contributed by atoms with Gasteiger partial charge in [0, 0.05) is 36.1 Å². The normalized spacial score (nSPS) is 12.0. The number of methoxy groups -OCH3 is 2. The third kappa shape index (κ3) is 3.70. The predicted molar refractivity (Wildman–Crippen MR) is 115 cm³/mol. The van der Waals surface area contributed by atoms with Crippen LogP contribution in [0.4, 0.5) is 0 Å². The van der Waals surface area contributed by atoms with Crippen LogP contribution < -0.4 is 14.8 Å². The molecule has 3 heterocycles. The Morgan fingerprint density at radius 3 is 2.65 bits per heavy atom. The van der Waals surface area contributed by atoms with E-state index in [4.69, 9.17) is 9.47 Å². The number of benzene rings is 1. The number of fused-ring (bicyclic) bond motifs is 1. The number of carbonyl (C=O) groups excluding carboxylic acids is 1. The highest BCUT2D eigenvalue weighted by atomic mass is 16.5. The summed E-state index contributed by atoms with van der Waals surface area (Å²) in [5, 5.41) is 11.8. The third-order valence-corrected chi connectivity index (χ3v) is 5.35. The topological polar surface area (TPSA) is 95.6 Å². The highest BCUT2D eigenvalue weighted by Crippen LogP contribution is 2.29. The molecule has 9 heteroatoms. The molecule has 0 fully saturated rings. The minimum atomic E-state index is -0.324. The summed E-state index contributed by atoms with van der Waals surface area (Å²) >= 11 is 0. The number of hydrogen-bond acceptors (Lipinski definition) is 6. The smallest absolute Gasteiger partial charge is 0.272 e. The maximum absolute atomic E-state index is 13.0. The van der Waals surface area contributed by atoms with Gasteiger partial charge in [0.25, 0.3) is 5.91 Å². The molecule has 9 nitrogen and oxygen atoms in total. The molecule has 1 amide bonds. The van der Waals surface area contributed by atoms with Crippen LogP contribution in [0, 0.1) is 6.92 Å². The van der Waals surface area contributed by atoms with E-state index >= 15 is 0 Å². The number of carbonyl (C=O) groups is 1. The Morgan fingerprint density at radius 2 is 1.97 bits per heavy atom. The van der Waals surface area contributed by atoms with Gasteiger partial charge >= 0.3 is 0 Å². The van der Waals surface area contributed by atoms with E-state index < -0.39 is 0 Å². The Morgan fingerprint density at radius 1 is 1.16 bits per heavy atom. The van der Waals surface area contributed by atoms with E-state index in [9.17, 15) is 4.79 Å². The van der Waals surface area contributed by atoms with Gasteiger partial charge in [0.05, 0.1) is 32.2 Å². The highest BCUT2D eigenvalue weighted by molar-refractivity contribution is 5.93. The van der Waals surface area contributed by atoms with Crippen molar-refractivity contribution < 1.29 is 14.3 Å². The van der Waals surface area contributed by atoms with Crippen LogP contribution in [0.15, 0.2) is 42.7 Å². The van der Waals surface area contributed by atoms with Crippen molar-refractivity contribution >= 4 is 11.6 Å². The van der Waals surface area contributed by atoms with Crippen molar-refractivity contribution in [3.63, 3.8) is 0 Å². The van der Waals surface area contributed by atoms with E-state index in [-0.39, 0.29) is 17.6 Å². The first-order chi connectivity index (χ1) is 14.9. The van der Waals surface area contributed by atoms with E-state index in [2.05, 4.69) is 20.5 Å². The van der Waals surface area contributed by atoms with Gasteiger partial charge in [0.2, 0.25) is 0 Å². The first-order valence-electron chi connectivity index (χ1n) is 9.79. The number of hydrogen-bond donors (Lipinski definition) is 1. The lowest BCUT2D eigenvalue weighted by atomic mass is 10.1. The molecular formula is C22H24N6O3. The number of aryl methyl sites for hydroxylation is 1. The molecule has 0 saturated carbocycles. The standard InChI is InChI=1S/C22H24N6O3/c1-13(16-10-15(30-4)6-7-20(16)31-5)25-22(29)18-11-21-23-9-8-19(28(21)26-18)17-12-24-27(3)14(17)2/h6-13H,1-5H3,(H,25,29). The Kier molecular flexibility index (Phi) is 5.33. The van der Waals surface area contributed by atoms with Crippen LogP contribution in [0.25, 0.3) is 16.9 Å². The number of nitrogens with one attached hydrogen (secondary N) is 1. The molecule has 0 radical (unpaired) electrons. The molecule has 3 aromatic heterocycles. The Bertz CT molecular complexity index is 1260. The van der Waals surface area contributed by atoms with Gasteiger partial charge in [-0.3, -0.25) is 9.48 Å². The molecule has 0 saturated heterocycles. The van der Waals surface area contributed by atoms with E-state index in [0.29, 0.717) is 17.1 Å². The largest absolute Gasteiger partial charge is 0.497 e. The van der Waals surface area contributed by atoms with Crippen molar-refractivity contribution in [2.75, 3.05) is 14.2 Å². The Labute approximate surface area is 179 Å². The van der Waals surface area contributed by atoms with Gasteiger partial charge in [-0.2, -0.15) is 10.2 Å². The second kappa shape index (κ2) is 8.10. The minimum absolute atomic E-state index is 0.273.